The minimum Gasteiger partial charge on any atom is -0.392 e. The molecule has 1 saturated carbocycles. The maximum absolute atomic E-state index is 9.94. The number of rotatable bonds is 6. The lowest BCUT2D eigenvalue weighted by Crippen LogP contribution is -2.47. The van der Waals surface area contributed by atoms with Crippen molar-refractivity contribution >= 4 is 0 Å². The molecule has 0 aromatic rings. The van der Waals surface area contributed by atoms with E-state index in [0.29, 0.717) is 12.1 Å². The molecule has 1 fully saturated rings. The van der Waals surface area contributed by atoms with Crippen LogP contribution in [0.4, 0.5) is 0 Å². The molecule has 4 atom stereocenters. The van der Waals surface area contributed by atoms with Gasteiger partial charge in [-0.15, -0.1) is 0 Å². The molecule has 0 radical (unpaired) electrons. The molecule has 4 unspecified atom stereocenters. The summed E-state index contributed by atoms with van der Waals surface area (Å²) in [5.41, 5.74) is 0. The fraction of sp³-hybridized carbons (Fsp3) is 1.00. The third-order valence-electron chi connectivity index (χ3n) is 4.06. The van der Waals surface area contributed by atoms with Crippen LogP contribution in [0.1, 0.15) is 65.7 Å². The van der Waals surface area contributed by atoms with E-state index in [1.807, 2.05) is 0 Å². The van der Waals surface area contributed by atoms with Gasteiger partial charge in [-0.1, -0.05) is 40.0 Å². The van der Waals surface area contributed by atoms with Gasteiger partial charge >= 0.3 is 0 Å². The van der Waals surface area contributed by atoms with Gasteiger partial charge < -0.3 is 10.4 Å². The average Bonchev–Trinajstić information content (AvgIpc) is 2.30. The first kappa shape index (κ1) is 14.0. The third-order valence-corrected chi connectivity index (χ3v) is 4.06. The van der Waals surface area contributed by atoms with Crippen LogP contribution in [-0.4, -0.2) is 23.3 Å². The summed E-state index contributed by atoms with van der Waals surface area (Å²) in [5, 5.41) is 13.6. The Kier molecular flexibility index (Phi) is 6.37. The molecule has 0 bridgehead atoms. The Bertz CT molecular complexity index is 184. The SMILES string of the molecule is CCC(C)CC(CC)NC1CCCCC1O. The second-order valence-electron chi connectivity index (χ2n) is 5.48. The van der Waals surface area contributed by atoms with Gasteiger partial charge in [-0.05, 0) is 31.6 Å². The Hall–Kier alpha value is -0.0800. The molecule has 96 valence electrons. The van der Waals surface area contributed by atoms with Crippen LogP contribution in [-0.2, 0) is 0 Å². The molecule has 2 heteroatoms. The molecule has 2 N–H and O–H groups in total. The second kappa shape index (κ2) is 7.29. The molecule has 0 heterocycles. The van der Waals surface area contributed by atoms with Gasteiger partial charge in [0.2, 0.25) is 0 Å². The van der Waals surface area contributed by atoms with Gasteiger partial charge in [0.1, 0.15) is 0 Å². The molecule has 0 saturated heterocycles. The van der Waals surface area contributed by atoms with Crippen LogP contribution in [0.25, 0.3) is 0 Å². The third kappa shape index (κ3) is 4.42. The molecule has 2 nitrogen and oxygen atoms in total. The minimum atomic E-state index is -0.111. The molecule has 0 amide bonds. The van der Waals surface area contributed by atoms with Gasteiger partial charge in [-0.25, -0.2) is 0 Å². The van der Waals surface area contributed by atoms with Crippen molar-refractivity contribution in [1.82, 2.24) is 5.32 Å². The van der Waals surface area contributed by atoms with E-state index in [2.05, 4.69) is 26.1 Å². The van der Waals surface area contributed by atoms with Gasteiger partial charge in [0.05, 0.1) is 6.10 Å². The van der Waals surface area contributed by atoms with E-state index >= 15 is 0 Å². The van der Waals surface area contributed by atoms with Crippen LogP contribution in [0.15, 0.2) is 0 Å². The van der Waals surface area contributed by atoms with Crippen molar-refractivity contribution < 1.29 is 5.11 Å². The highest BCUT2D eigenvalue weighted by Crippen LogP contribution is 2.21. The number of hydrogen-bond donors (Lipinski definition) is 2. The summed E-state index contributed by atoms with van der Waals surface area (Å²) in [6.45, 7) is 6.82. The van der Waals surface area contributed by atoms with E-state index in [1.54, 1.807) is 0 Å². The van der Waals surface area contributed by atoms with Crippen molar-refractivity contribution in [2.75, 3.05) is 0 Å². The molecule has 1 aliphatic carbocycles. The van der Waals surface area contributed by atoms with Crippen LogP contribution >= 0.6 is 0 Å². The Balaban J connectivity index is 2.36. The van der Waals surface area contributed by atoms with Crippen molar-refractivity contribution in [2.45, 2.75) is 83.9 Å². The standard InChI is InChI=1S/C14H29NO/c1-4-11(3)10-12(5-2)15-13-8-6-7-9-14(13)16/h11-16H,4-10H2,1-3H3. The summed E-state index contributed by atoms with van der Waals surface area (Å²) >= 11 is 0. The molecule has 0 spiro atoms. The summed E-state index contributed by atoms with van der Waals surface area (Å²) in [6, 6.07) is 0.940. The average molecular weight is 227 g/mol. The lowest BCUT2D eigenvalue weighted by molar-refractivity contribution is 0.0824. The Morgan fingerprint density at radius 2 is 1.88 bits per heavy atom. The zero-order valence-electron chi connectivity index (χ0n) is 11.2. The Labute approximate surface area is 101 Å². The smallest absolute Gasteiger partial charge is 0.0693 e. The monoisotopic (exact) mass is 227 g/mol. The predicted molar refractivity (Wildman–Crippen MR) is 69.5 cm³/mol. The molecule has 1 rings (SSSR count). The molecule has 0 aliphatic heterocycles. The summed E-state index contributed by atoms with van der Waals surface area (Å²) in [5.74, 6) is 0.790. The Morgan fingerprint density at radius 1 is 1.19 bits per heavy atom. The van der Waals surface area contributed by atoms with Gasteiger partial charge in [0, 0.05) is 12.1 Å². The highest BCUT2D eigenvalue weighted by Gasteiger charge is 2.25. The molecule has 1 aliphatic rings. The quantitative estimate of drug-likeness (QED) is 0.731. The lowest BCUT2D eigenvalue weighted by atomic mass is 9.90. The maximum Gasteiger partial charge on any atom is 0.0693 e. The van der Waals surface area contributed by atoms with E-state index in [0.717, 1.165) is 18.8 Å². The molecular weight excluding hydrogens is 198 g/mol. The number of hydrogen-bond acceptors (Lipinski definition) is 2. The van der Waals surface area contributed by atoms with Crippen LogP contribution in [0.3, 0.4) is 0 Å². The normalized spacial score (nSPS) is 30.0. The predicted octanol–water partition coefficient (Wildman–Crippen LogP) is 3.09. The first-order valence-electron chi connectivity index (χ1n) is 7.11. The van der Waals surface area contributed by atoms with Crippen molar-refractivity contribution in [3.05, 3.63) is 0 Å². The largest absolute Gasteiger partial charge is 0.392 e. The lowest BCUT2D eigenvalue weighted by Gasteiger charge is -2.33. The zero-order valence-corrected chi connectivity index (χ0v) is 11.2. The fourth-order valence-corrected chi connectivity index (χ4v) is 2.61. The highest BCUT2D eigenvalue weighted by atomic mass is 16.3. The second-order valence-corrected chi connectivity index (χ2v) is 5.48. The molecule has 0 aromatic carbocycles. The van der Waals surface area contributed by atoms with Gasteiger partial charge in [-0.2, -0.15) is 0 Å². The van der Waals surface area contributed by atoms with E-state index in [9.17, 15) is 5.11 Å². The van der Waals surface area contributed by atoms with Gasteiger partial charge in [0.15, 0.2) is 0 Å². The summed E-state index contributed by atoms with van der Waals surface area (Å²) in [7, 11) is 0. The van der Waals surface area contributed by atoms with E-state index in [-0.39, 0.29) is 6.10 Å². The number of nitrogens with one attached hydrogen (secondary N) is 1. The number of aliphatic hydroxyl groups excluding tert-OH is 1. The van der Waals surface area contributed by atoms with E-state index < -0.39 is 0 Å². The van der Waals surface area contributed by atoms with Gasteiger partial charge in [0.25, 0.3) is 0 Å². The summed E-state index contributed by atoms with van der Waals surface area (Å²) in [4.78, 5) is 0. The van der Waals surface area contributed by atoms with Crippen LogP contribution < -0.4 is 5.32 Å². The minimum absolute atomic E-state index is 0.111. The van der Waals surface area contributed by atoms with Gasteiger partial charge in [-0.3, -0.25) is 0 Å². The first-order valence-corrected chi connectivity index (χ1v) is 7.11. The highest BCUT2D eigenvalue weighted by molar-refractivity contribution is 4.83. The van der Waals surface area contributed by atoms with E-state index in [1.165, 1.54) is 32.1 Å². The number of aliphatic hydroxyl groups is 1. The van der Waals surface area contributed by atoms with Crippen molar-refractivity contribution in [2.24, 2.45) is 5.92 Å². The van der Waals surface area contributed by atoms with Crippen molar-refractivity contribution in [3.8, 4) is 0 Å². The molecular formula is C14H29NO. The van der Waals surface area contributed by atoms with Crippen LogP contribution in [0.5, 0.6) is 0 Å². The molecule has 0 aromatic heterocycles. The van der Waals surface area contributed by atoms with Crippen LogP contribution in [0, 0.1) is 5.92 Å². The fourth-order valence-electron chi connectivity index (χ4n) is 2.61. The van der Waals surface area contributed by atoms with Crippen molar-refractivity contribution in [1.29, 1.82) is 0 Å². The first-order chi connectivity index (χ1) is 7.67. The topological polar surface area (TPSA) is 32.3 Å². The maximum atomic E-state index is 9.94. The molecule has 16 heavy (non-hydrogen) atoms. The van der Waals surface area contributed by atoms with Crippen LogP contribution in [0.2, 0.25) is 0 Å². The Morgan fingerprint density at radius 3 is 2.44 bits per heavy atom. The zero-order chi connectivity index (χ0) is 12.0. The van der Waals surface area contributed by atoms with Crippen molar-refractivity contribution in [3.63, 3.8) is 0 Å². The van der Waals surface area contributed by atoms with E-state index in [4.69, 9.17) is 0 Å². The summed E-state index contributed by atoms with van der Waals surface area (Å²) < 4.78 is 0. The summed E-state index contributed by atoms with van der Waals surface area (Å²) in [6.07, 6.45) is 8.17.